The minimum Gasteiger partial charge on any atom is -1.00 e. The van der Waals surface area contributed by atoms with Gasteiger partial charge in [-0.25, -0.2) is 30.7 Å². The third-order valence-electron chi connectivity index (χ3n) is 1.69. The van der Waals surface area contributed by atoms with E-state index >= 15 is 0 Å². The van der Waals surface area contributed by atoms with Gasteiger partial charge in [0.2, 0.25) is 0 Å². The van der Waals surface area contributed by atoms with E-state index in [1.165, 1.54) is 0 Å². The monoisotopic (exact) mass is 300 g/mol. The van der Waals surface area contributed by atoms with Gasteiger partial charge in [0.15, 0.2) is 24.7 Å². The van der Waals surface area contributed by atoms with Crippen LogP contribution in [0, 0.1) is 0 Å². The van der Waals surface area contributed by atoms with Crippen molar-refractivity contribution in [2.75, 3.05) is 0 Å². The molecule has 12 heteroatoms. The summed E-state index contributed by atoms with van der Waals surface area (Å²) in [6.07, 6.45) is -19.1. The summed E-state index contributed by atoms with van der Waals surface area (Å²) in [5, 5.41) is 0. The summed E-state index contributed by atoms with van der Waals surface area (Å²) in [5.41, 5.74) is -3.89. The van der Waals surface area contributed by atoms with Gasteiger partial charge in [-0.1, -0.05) is 0 Å². The van der Waals surface area contributed by atoms with Crippen molar-refractivity contribution in [3.8, 4) is 0 Å². The molecule has 5 unspecified atom stereocenters. The Bertz CT molecular complexity index is 346. The molecule has 0 aromatic carbocycles. The Labute approximate surface area is 111 Å². The van der Waals surface area contributed by atoms with Gasteiger partial charge >= 0.3 is 29.0 Å². The molecule has 0 heterocycles. The summed E-state index contributed by atoms with van der Waals surface area (Å²) in [6.45, 7) is 0. The molecule has 1 N–H and O–H groups in total. The summed E-state index contributed by atoms with van der Waals surface area (Å²) < 4.78 is 114. The third kappa shape index (κ3) is 5.34. The Morgan fingerprint density at radius 3 is 1.39 bits per heavy atom. The normalized spacial score (nSPS) is 20.7. The zero-order valence-electron chi connectivity index (χ0n) is 9.78. The third-order valence-corrected chi connectivity index (χ3v) is 2.52. The predicted molar refractivity (Wildman–Crippen MR) is 43.1 cm³/mol. The van der Waals surface area contributed by atoms with Crippen LogP contribution < -0.4 is 18.9 Å². The molecule has 0 saturated heterocycles. The smallest absolute Gasteiger partial charge is 1.00 e. The van der Waals surface area contributed by atoms with Gasteiger partial charge in [-0.15, -0.1) is 0 Å². The summed E-state index contributed by atoms with van der Waals surface area (Å²) in [5.74, 6) is 0. The molecule has 0 aliphatic rings. The molecule has 0 rings (SSSR count). The van der Waals surface area contributed by atoms with Crippen LogP contribution in [0.25, 0.3) is 0 Å². The molecule has 3 nitrogen and oxygen atoms in total. The van der Waals surface area contributed by atoms with E-state index in [2.05, 4.69) is 0 Å². The number of hydrogen-bond donors (Lipinski definition) is 1. The summed E-state index contributed by atoms with van der Waals surface area (Å²) >= 11 is 0. The molecule has 0 radical (unpaired) electrons. The number of rotatable bonds is 6. The van der Waals surface area contributed by atoms with E-state index in [-0.39, 0.29) is 20.3 Å². The number of hydrogen-bond acceptors (Lipinski definition) is 2. The minimum absolute atomic E-state index is 0. The van der Waals surface area contributed by atoms with Crippen molar-refractivity contribution in [2.45, 2.75) is 36.6 Å². The van der Waals surface area contributed by atoms with Crippen molar-refractivity contribution in [2.24, 2.45) is 0 Å². The Balaban J connectivity index is -0.00000128. The average molecular weight is 300 g/mol. The zero-order valence-corrected chi connectivity index (χ0v) is 9.60. The zero-order chi connectivity index (χ0) is 14.0. The first-order valence-electron chi connectivity index (χ1n) is 3.95. The van der Waals surface area contributed by atoms with Gasteiger partial charge in [-0.05, 0) is 0 Å². The predicted octanol–water partition coefficient (Wildman–Crippen LogP) is -1.10. The first-order valence-corrected chi connectivity index (χ1v) is 5.45. The summed E-state index contributed by atoms with van der Waals surface area (Å²) in [4.78, 5) is 0. The number of alkyl halides is 7. The molecule has 0 amide bonds. The Kier molecular flexibility index (Phi) is 8.55. The van der Waals surface area contributed by atoms with Gasteiger partial charge in [0, 0.05) is 0 Å². The average Bonchev–Trinajstić information content (AvgIpc) is 2.22. The van der Waals surface area contributed by atoms with Gasteiger partial charge in [0.05, 0.1) is 0 Å². The quantitative estimate of drug-likeness (QED) is 0.385. The molecule has 0 aliphatic heterocycles. The van der Waals surface area contributed by atoms with Crippen molar-refractivity contribution in [3.05, 3.63) is 0 Å². The summed E-state index contributed by atoms with van der Waals surface area (Å²) in [7, 11) is -5.68. The fourth-order valence-corrected chi connectivity index (χ4v) is 1.28. The van der Waals surface area contributed by atoms with Gasteiger partial charge in [-0.3, -0.25) is 4.55 Å². The Morgan fingerprint density at radius 1 is 0.778 bits per heavy atom. The second-order valence-corrected chi connectivity index (χ2v) is 4.46. The topological polar surface area (TPSA) is 54.4 Å². The van der Waals surface area contributed by atoms with Crippen LogP contribution in [0.1, 0.15) is 1.43 Å². The second kappa shape index (κ2) is 7.57. The molecule has 0 fully saturated rings. The van der Waals surface area contributed by atoms with E-state index in [0.717, 1.165) is 0 Å². The fraction of sp³-hybridized carbons (Fsp3) is 1.00. The minimum atomic E-state index is -5.68. The maximum atomic E-state index is 12.6. The van der Waals surface area contributed by atoms with Gasteiger partial charge in [0.25, 0.3) is 11.9 Å². The van der Waals surface area contributed by atoms with E-state index in [1.807, 2.05) is 0 Å². The van der Waals surface area contributed by atoms with E-state index < -0.39 is 46.7 Å². The largest absolute Gasteiger partial charge is 1.00 e. The van der Waals surface area contributed by atoms with Crippen LogP contribution in [-0.2, 0) is 10.1 Å². The van der Waals surface area contributed by atoms with Gasteiger partial charge in [-0.2, -0.15) is 8.42 Å². The van der Waals surface area contributed by atoms with Crippen LogP contribution in [0.15, 0.2) is 0 Å². The molecule has 0 saturated carbocycles. The van der Waals surface area contributed by atoms with E-state index in [0.29, 0.717) is 0 Å². The van der Waals surface area contributed by atoms with Crippen LogP contribution in [0.5, 0.6) is 0 Å². The van der Waals surface area contributed by atoms with Gasteiger partial charge in [0.1, 0.15) is 0 Å². The number of halogens is 7. The van der Waals surface area contributed by atoms with Crippen molar-refractivity contribution in [1.29, 1.82) is 0 Å². The maximum absolute atomic E-state index is 12.6. The van der Waals surface area contributed by atoms with E-state index in [1.54, 1.807) is 0 Å². The van der Waals surface area contributed by atoms with Crippen LogP contribution in [-0.4, -0.2) is 49.6 Å². The standard InChI is InChI=1S/C6H7F7O3S.Li.H/c7-1(3(9)5(11)12)2(8)4(10)6(13)17(14,15)16;;/h1-6H,(H,14,15,16);;/q;+1;-1. The van der Waals surface area contributed by atoms with E-state index in [4.69, 9.17) is 4.55 Å². The first-order chi connectivity index (χ1) is 7.50. The Morgan fingerprint density at radius 2 is 1.11 bits per heavy atom. The first kappa shape index (κ1) is 20.3. The molecule has 0 spiro atoms. The van der Waals surface area contributed by atoms with Crippen molar-refractivity contribution in [1.82, 2.24) is 0 Å². The van der Waals surface area contributed by atoms with Crippen molar-refractivity contribution in [3.63, 3.8) is 0 Å². The molecule has 0 bridgehead atoms. The molecule has 0 aliphatic carbocycles. The molecule has 18 heavy (non-hydrogen) atoms. The van der Waals surface area contributed by atoms with Crippen LogP contribution in [0.3, 0.4) is 0 Å². The van der Waals surface area contributed by atoms with Crippen LogP contribution in [0.2, 0.25) is 0 Å². The van der Waals surface area contributed by atoms with Crippen LogP contribution in [0.4, 0.5) is 30.7 Å². The molecule has 5 atom stereocenters. The summed E-state index contributed by atoms with van der Waals surface area (Å²) in [6, 6.07) is 0. The molecule has 106 valence electrons. The molecular weight excluding hydrogens is 292 g/mol. The van der Waals surface area contributed by atoms with Crippen LogP contribution >= 0.6 is 0 Å². The fourth-order valence-electron chi connectivity index (χ4n) is 0.799. The molecule has 0 aromatic rings. The Hall–Kier alpha value is 0.0174. The van der Waals surface area contributed by atoms with Gasteiger partial charge < -0.3 is 1.43 Å². The van der Waals surface area contributed by atoms with E-state index in [9.17, 15) is 39.2 Å². The maximum Gasteiger partial charge on any atom is 1.00 e. The molecule has 0 aromatic heterocycles. The van der Waals surface area contributed by atoms with Crippen molar-refractivity contribution < 1.29 is 64.0 Å². The van der Waals surface area contributed by atoms with Crippen molar-refractivity contribution >= 4 is 10.1 Å². The second-order valence-electron chi connectivity index (χ2n) is 2.98. The SMILES string of the molecule is O=S(=O)(O)C(F)C(F)C(F)C(F)C(F)C(F)F.[H-].[Li+]. The molecular formula is C6H8F7LiO3S.